The fourth-order valence-corrected chi connectivity index (χ4v) is 4.75. The summed E-state index contributed by atoms with van der Waals surface area (Å²) in [5, 5.41) is 23.9. The van der Waals surface area contributed by atoms with Crippen molar-refractivity contribution in [2.24, 2.45) is 0 Å². The molecule has 0 aromatic heterocycles. The zero-order valence-electron chi connectivity index (χ0n) is 20.4. The molecule has 2 bridgehead atoms. The van der Waals surface area contributed by atoms with Crippen LogP contribution in [-0.4, -0.2) is 49.6 Å². The molecule has 0 fully saturated rings. The van der Waals surface area contributed by atoms with Crippen LogP contribution in [0.1, 0.15) is 53.5 Å². The zero-order chi connectivity index (χ0) is 24.8. The van der Waals surface area contributed by atoms with E-state index in [9.17, 15) is 15.0 Å². The van der Waals surface area contributed by atoms with Crippen LogP contribution < -0.4 is 19.5 Å². The van der Waals surface area contributed by atoms with Gasteiger partial charge in [0.1, 0.15) is 12.5 Å². The molecule has 186 valence electrons. The lowest BCUT2D eigenvalue weighted by Crippen LogP contribution is -2.19. The molecule has 0 saturated carbocycles. The zero-order valence-corrected chi connectivity index (χ0v) is 20.4. The van der Waals surface area contributed by atoms with Gasteiger partial charge in [0, 0.05) is 30.4 Å². The first-order valence-electron chi connectivity index (χ1n) is 12.2. The lowest BCUT2D eigenvalue weighted by atomic mass is 9.91. The normalized spacial score (nSPS) is 18.0. The van der Waals surface area contributed by atoms with Crippen LogP contribution in [0.4, 0.5) is 0 Å². The quantitative estimate of drug-likeness (QED) is 0.458. The molecule has 2 aliphatic rings. The molecule has 2 aromatic rings. The maximum absolute atomic E-state index is 12.6. The van der Waals surface area contributed by atoms with Gasteiger partial charge in [-0.05, 0) is 56.3 Å². The van der Waals surface area contributed by atoms with Crippen LogP contribution in [0, 0.1) is 11.8 Å². The number of hydrogen-bond donors (Lipinski definition) is 3. The number of hydrogen-bond acceptors (Lipinski definition) is 7. The van der Waals surface area contributed by atoms with Gasteiger partial charge in [-0.1, -0.05) is 24.0 Å². The highest BCUT2D eigenvalue weighted by Crippen LogP contribution is 2.41. The van der Waals surface area contributed by atoms with E-state index in [4.69, 9.17) is 14.2 Å². The highest BCUT2D eigenvalue weighted by atomic mass is 16.5. The Bertz CT molecular complexity index is 1150. The Morgan fingerprint density at radius 2 is 2.00 bits per heavy atom. The first kappa shape index (κ1) is 24.9. The Morgan fingerprint density at radius 1 is 1.14 bits per heavy atom. The van der Waals surface area contributed by atoms with Crippen molar-refractivity contribution >= 4 is 5.78 Å². The van der Waals surface area contributed by atoms with E-state index in [1.54, 1.807) is 12.1 Å². The predicted molar refractivity (Wildman–Crippen MR) is 132 cm³/mol. The van der Waals surface area contributed by atoms with Crippen molar-refractivity contribution in [3.63, 3.8) is 0 Å². The van der Waals surface area contributed by atoms with Gasteiger partial charge in [0.2, 0.25) is 0 Å². The van der Waals surface area contributed by atoms with E-state index in [-0.39, 0.29) is 18.0 Å². The molecule has 1 aliphatic heterocycles. The molecule has 3 N–H and O–H groups in total. The van der Waals surface area contributed by atoms with Crippen molar-refractivity contribution in [1.29, 1.82) is 0 Å². The number of carbonyl (C=O) groups is 1. The molecule has 1 atom stereocenters. The van der Waals surface area contributed by atoms with Crippen LogP contribution in [0.15, 0.2) is 18.2 Å². The van der Waals surface area contributed by atoms with Crippen LogP contribution in [0.2, 0.25) is 0 Å². The third-order valence-corrected chi connectivity index (χ3v) is 6.49. The maximum Gasteiger partial charge on any atom is 0.176 e. The molecule has 0 unspecified atom stereocenters. The molecule has 1 aliphatic carbocycles. The Kier molecular flexibility index (Phi) is 8.17. The second-order valence-electron chi connectivity index (χ2n) is 8.99. The number of phenols is 1. The largest absolute Gasteiger partial charge is 0.504 e. The number of ether oxygens (including phenoxy) is 3. The number of ketones is 1. The summed E-state index contributed by atoms with van der Waals surface area (Å²) in [5.41, 5.74) is 4.52. The van der Waals surface area contributed by atoms with Gasteiger partial charge in [-0.25, -0.2) is 0 Å². The van der Waals surface area contributed by atoms with Crippen LogP contribution >= 0.6 is 0 Å². The molecule has 2 aromatic carbocycles. The Balaban J connectivity index is 1.82. The highest BCUT2D eigenvalue weighted by Gasteiger charge is 2.24. The highest BCUT2D eigenvalue weighted by molar-refractivity contribution is 5.79. The monoisotopic (exact) mass is 479 g/mol. The van der Waals surface area contributed by atoms with Crippen LogP contribution in [0.5, 0.6) is 23.0 Å². The summed E-state index contributed by atoms with van der Waals surface area (Å²) in [6.45, 7) is 0.958. The van der Waals surface area contributed by atoms with Gasteiger partial charge in [0.05, 0.1) is 25.4 Å². The molecule has 7 nitrogen and oxygen atoms in total. The molecule has 0 amide bonds. The fraction of sp³-hybridized carbons (Fsp3) is 0.464. The molecule has 0 spiro atoms. The lowest BCUT2D eigenvalue weighted by Gasteiger charge is -2.25. The molecule has 1 heterocycles. The molecular formula is C28H33NO6. The number of fused-ring (bicyclic) bond motifs is 5. The Labute approximate surface area is 206 Å². The number of Topliss-reactive ketones (excluding diaryl/α,β-unsaturated/α-hetero) is 1. The number of phenolic OH excluding ortho intramolecular Hbond substituents is 1. The number of aromatic hydroxyl groups is 1. The number of carbonyl (C=O) groups excluding carboxylic acids is 1. The number of rotatable bonds is 4. The smallest absolute Gasteiger partial charge is 0.176 e. The van der Waals surface area contributed by atoms with Crippen LogP contribution in [0.3, 0.4) is 0 Å². The topological polar surface area (TPSA) is 97.2 Å². The van der Waals surface area contributed by atoms with Gasteiger partial charge in [-0.3, -0.25) is 10.1 Å². The van der Waals surface area contributed by atoms with Crippen molar-refractivity contribution in [3.05, 3.63) is 46.0 Å². The van der Waals surface area contributed by atoms with Crippen molar-refractivity contribution in [2.75, 3.05) is 27.5 Å². The maximum atomic E-state index is 12.6. The van der Waals surface area contributed by atoms with Gasteiger partial charge in [0.15, 0.2) is 23.0 Å². The number of aliphatic hydroxyl groups excluding tert-OH is 1. The molecular weight excluding hydrogens is 446 g/mol. The summed E-state index contributed by atoms with van der Waals surface area (Å²) in [6, 6.07) is 5.43. The van der Waals surface area contributed by atoms with E-state index in [1.807, 2.05) is 7.05 Å². The van der Waals surface area contributed by atoms with Gasteiger partial charge < -0.3 is 24.4 Å². The number of benzene rings is 2. The average Bonchev–Trinajstić information content (AvgIpc) is 2.86. The minimum absolute atomic E-state index is 0.000174. The fourth-order valence-electron chi connectivity index (χ4n) is 4.75. The molecule has 0 saturated heterocycles. The van der Waals surface area contributed by atoms with Crippen LogP contribution in [-0.2, 0) is 30.5 Å². The summed E-state index contributed by atoms with van der Waals surface area (Å²) in [5.74, 6) is 8.16. The van der Waals surface area contributed by atoms with E-state index < -0.39 is 6.10 Å². The summed E-state index contributed by atoms with van der Waals surface area (Å²) in [4.78, 5) is 12.6. The first-order chi connectivity index (χ1) is 17.0. The van der Waals surface area contributed by atoms with Gasteiger partial charge in [0.25, 0.3) is 0 Å². The second-order valence-corrected chi connectivity index (χ2v) is 8.99. The third kappa shape index (κ3) is 5.72. The summed E-state index contributed by atoms with van der Waals surface area (Å²) in [7, 11) is 3.31. The number of aryl methyl sites for hydroxylation is 2. The predicted octanol–water partition coefficient (Wildman–Crippen LogP) is 3.07. The SMILES string of the molecule is CNCOc1c2cc(c3c1OCCC3)CC[C@@H](O)CC(=O)CCc1ccc(O)c(OC)c1C#CC2. The van der Waals surface area contributed by atoms with Crippen molar-refractivity contribution < 1.29 is 29.2 Å². The number of nitrogens with one attached hydrogen (secondary N) is 1. The summed E-state index contributed by atoms with van der Waals surface area (Å²) < 4.78 is 17.6. The average molecular weight is 480 g/mol. The Hall–Kier alpha value is -3.21. The summed E-state index contributed by atoms with van der Waals surface area (Å²) in [6.07, 6.45) is 3.51. The summed E-state index contributed by atoms with van der Waals surface area (Å²) >= 11 is 0. The van der Waals surface area contributed by atoms with Gasteiger partial charge >= 0.3 is 0 Å². The molecule has 7 heteroatoms. The molecule has 0 radical (unpaired) electrons. The lowest BCUT2D eigenvalue weighted by molar-refractivity contribution is -0.121. The van der Waals surface area contributed by atoms with Crippen molar-refractivity contribution in [1.82, 2.24) is 5.32 Å². The van der Waals surface area contributed by atoms with E-state index >= 15 is 0 Å². The standard InChI is InChI=1S/C28H33NO6/c1-29-17-35-26-20-5-3-6-23-18(10-13-25(32)27(23)33-2)8-11-21(30)16-22(31)12-9-19(15-20)24-7-4-14-34-28(24)26/h10,13,15,22,29,31-32H,4-5,7-9,11-12,14,16-17H2,1-2H3/t22-/m1/s1. The first-order valence-corrected chi connectivity index (χ1v) is 12.2. The van der Waals surface area contributed by atoms with E-state index in [0.717, 1.165) is 40.8 Å². The second kappa shape index (κ2) is 11.5. The van der Waals surface area contributed by atoms with E-state index in [2.05, 4.69) is 23.2 Å². The third-order valence-electron chi connectivity index (χ3n) is 6.49. The van der Waals surface area contributed by atoms with Crippen molar-refractivity contribution in [2.45, 2.75) is 57.5 Å². The molecule has 4 rings (SSSR count). The van der Waals surface area contributed by atoms with Gasteiger partial charge in [-0.15, -0.1) is 0 Å². The van der Waals surface area contributed by atoms with E-state index in [0.29, 0.717) is 62.5 Å². The van der Waals surface area contributed by atoms with Crippen molar-refractivity contribution in [3.8, 4) is 34.8 Å². The minimum atomic E-state index is -0.707. The van der Waals surface area contributed by atoms with Gasteiger partial charge in [-0.2, -0.15) is 0 Å². The Morgan fingerprint density at radius 3 is 2.80 bits per heavy atom. The van der Waals surface area contributed by atoms with Crippen LogP contribution in [0.25, 0.3) is 0 Å². The number of aliphatic hydroxyl groups is 1. The minimum Gasteiger partial charge on any atom is -0.504 e. The number of methoxy groups -OCH3 is 1. The van der Waals surface area contributed by atoms with E-state index in [1.165, 1.54) is 7.11 Å². The molecule has 35 heavy (non-hydrogen) atoms.